The minimum atomic E-state index is -0.0680. The Morgan fingerprint density at radius 1 is 0.806 bits per heavy atom. The minimum absolute atomic E-state index is 0. The van der Waals surface area contributed by atoms with Gasteiger partial charge in [0, 0.05) is 28.2 Å². The summed E-state index contributed by atoms with van der Waals surface area (Å²) >= 11 is 6.41. The van der Waals surface area contributed by atoms with E-state index < -0.39 is 0 Å². The van der Waals surface area contributed by atoms with E-state index >= 15 is 0 Å². The van der Waals surface area contributed by atoms with Crippen molar-refractivity contribution < 1.29 is 37.9 Å². The zero-order chi connectivity index (χ0) is 25.5. The standard InChI is InChI=1S/C29H41ClO4P.Li/c1-5-8-11-17-32-23-20-25(33-18-12-9-6-2)28(26(21-23)34-19-13-10-7-3)35-29(31)27-22(4)15-14-16-24(27)30;/h14-16,20-21H,5-13,17-19H2,1-4H3;/q-1;+1. The van der Waals surface area contributed by atoms with Crippen molar-refractivity contribution in [1.29, 1.82) is 0 Å². The molecule has 0 aromatic heterocycles. The molecule has 2 rings (SSSR count). The van der Waals surface area contributed by atoms with Gasteiger partial charge in [-0.15, -0.1) is 5.30 Å². The minimum Gasteiger partial charge on any atom is -0.496 e. The first kappa shape index (κ1) is 32.9. The number of unbranched alkanes of at least 4 members (excludes halogenated alkanes) is 6. The second-order valence-corrected chi connectivity index (χ2v) is 10.3. The van der Waals surface area contributed by atoms with E-state index in [4.69, 9.17) is 25.8 Å². The van der Waals surface area contributed by atoms with E-state index in [1.807, 2.05) is 31.2 Å². The van der Waals surface area contributed by atoms with Gasteiger partial charge in [-0.25, -0.2) is 0 Å². The third-order valence-corrected chi connectivity index (χ3v) is 7.10. The summed E-state index contributed by atoms with van der Waals surface area (Å²) in [5.41, 5.74) is 1.34. The molecule has 0 saturated carbocycles. The molecule has 7 heteroatoms. The Bertz CT molecular complexity index is 869. The van der Waals surface area contributed by atoms with Gasteiger partial charge in [-0.05, 0) is 37.8 Å². The Labute approximate surface area is 237 Å². The smallest absolute Gasteiger partial charge is 0.496 e. The zero-order valence-corrected chi connectivity index (χ0v) is 24.5. The van der Waals surface area contributed by atoms with Crippen LogP contribution in [0.25, 0.3) is 0 Å². The van der Waals surface area contributed by atoms with E-state index in [2.05, 4.69) is 20.8 Å². The number of aryl methyl sites for hydroxylation is 1. The molecule has 0 aliphatic rings. The van der Waals surface area contributed by atoms with E-state index in [-0.39, 0.29) is 24.4 Å². The summed E-state index contributed by atoms with van der Waals surface area (Å²) in [7, 11) is 0.479. The fourth-order valence-electron chi connectivity index (χ4n) is 3.64. The quantitative estimate of drug-likeness (QED) is 0.140. The molecule has 0 radical (unpaired) electrons. The van der Waals surface area contributed by atoms with Gasteiger partial charge in [-0.1, -0.05) is 83.0 Å². The summed E-state index contributed by atoms with van der Waals surface area (Å²) in [5, 5.41) is 1.21. The van der Waals surface area contributed by atoms with Crippen LogP contribution in [-0.4, -0.2) is 25.3 Å². The average Bonchev–Trinajstić information content (AvgIpc) is 2.84. The van der Waals surface area contributed by atoms with E-state index in [1.54, 1.807) is 6.07 Å². The molecular weight excluding hydrogens is 486 g/mol. The largest absolute Gasteiger partial charge is 1.00 e. The van der Waals surface area contributed by atoms with Crippen LogP contribution < -0.4 is 38.4 Å². The second-order valence-electron chi connectivity index (χ2n) is 8.78. The summed E-state index contributed by atoms with van der Waals surface area (Å²) in [6.07, 6.45) is 9.61. The van der Waals surface area contributed by atoms with Crippen molar-refractivity contribution in [2.24, 2.45) is 0 Å². The molecule has 0 heterocycles. The first-order valence-electron chi connectivity index (χ1n) is 13.1. The molecule has 0 spiro atoms. The summed E-state index contributed by atoms with van der Waals surface area (Å²) in [5.74, 6) is 2.02. The number of hydrogen-bond acceptors (Lipinski definition) is 4. The Morgan fingerprint density at radius 2 is 1.31 bits per heavy atom. The Morgan fingerprint density at radius 3 is 1.78 bits per heavy atom. The van der Waals surface area contributed by atoms with Crippen molar-refractivity contribution in [2.45, 2.75) is 85.5 Å². The van der Waals surface area contributed by atoms with Gasteiger partial charge in [-0.2, -0.15) is 0 Å². The maximum Gasteiger partial charge on any atom is 1.00 e. The topological polar surface area (TPSA) is 44.8 Å². The van der Waals surface area contributed by atoms with Crippen LogP contribution in [-0.2, 0) is 0 Å². The molecule has 0 unspecified atom stereocenters. The van der Waals surface area contributed by atoms with Crippen LogP contribution in [0.4, 0.5) is 0 Å². The van der Waals surface area contributed by atoms with E-state index in [9.17, 15) is 4.79 Å². The van der Waals surface area contributed by atoms with Gasteiger partial charge in [0.1, 0.15) is 5.75 Å². The predicted molar refractivity (Wildman–Crippen MR) is 149 cm³/mol. The van der Waals surface area contributed by atoms with Crippen molar-refractivity contribution in [3.8, 4) is 17.2 Å². The molecule has 36 heavy (non-hydrogen) atoms. The number of rotatable bonds is 18. The van der Waals surface area contributed by atoms with Crippen LogP contribution in [0.15, 0.2) is 30.3 Å². The molecule has 0 bridgehead atoms. The van der Waals surface area contributed by atoms with Crippen molar-refractivity contribution in [3.05, 3.63) is 46.5 Å². The molecule has 0 N–H and O–H groups in total. The molecule has 0 aliphatic carbocycles. The average molecular weight is 527 g/mol. The van der Waals surface area contributed by atoms with Crippen molar-refractivity contribution >= 4 is 31.0 Å². The number of carbonyl (C=O) groups excluding carboxylic acids is 1. The fourth-order valence-corrected chi connectivity index (χ4v) is 5.11. The van der Waals surface area contributed by atoms with Gasteiger partial charge in [0.05, 0.1) is 31.3 Å². The molecule has 194 valence electrons. The van der Waals surface area contributed by atoms with Crippen LogP contribution in [0.1, 0.15) is 94.5 Å². The number of ether oxygens (including phenoxy) is 3. The number of benzene rings is 2. The summed E-state index contributed by atoms with van der Waals surface area (Å²) in [4.78, 5) is 13.4. The summed E-state index contributed by atoms with van der Waals surface area (Å²) < 4.78 is 18.5. The summed E-state index contributed by atoms with van der Waals surface area (Å²) in [6, 6.07) is 9.35. The van der Waals surface area contributed by atoms with Crippen LogP contribution in [0.5, 0.6) is 17.2 Å². The van der Waals surface area contributed by atoms with E-state index in [0.29, 0.717) is 50.5 Å². The van der Waals surface area contributed by atoms with Gasteiger partial charge < -0.3 is 27.6 Å². The molecule has 0 atom stereocenters. The van der Waals surface area contributed by atoms with Crippen molar-refractivity contribution in [1.82, 2.24) is 0 Å². The zero-order valence-electron chi connectivity index (χ0n) is 22.8. The summed E-state index contributed by atoms with van der Waals surface area (Å²) in [6.45, 7) is 10.2. The maximum absolute atomic E-state index is 13.4. The molecule has 0 saturated heterocycles. The van der Waals surface area contributed by atoms with Crippen molar-refractivity contribution in [3.63, 3.8) is 0 Å². The van der Waals surface area contributed by atoms with Gasteiger partial charge in [0.15, 0.2) is 0 Å². The molecule has 2 aromatic carbocycles. The first-order valence-corrected chi connectivity index (χ1v) is 14.4. The third kappa shape index (κ3) is 11.1. The molecule has 0 aliphatic heterocycles. The number of carbonyl (C=O) groups is 1. The van der Waals surface area contributed by atoms with Crippen molar-refractivity contribution in [2.75, 3.05) is 19.8 Å². The van der Waals surface area contributed by atoms with Gasteiger partial charge in [-0.3, -0.25) is 0 Å². The van der Waals surface area contributed by atoms with Gasteiger partial charge >= 0.3 is 18.9 Å². The Kier molecular flexibility index (Phi) is 17.3. The monoisotopic (exact) mass is 526 g/mol. The van der Waals surface area contributed by atoms with Crippen LogP contribution in [0.2, 0.25) is 5.02 Å². The van der Waals surface area contributed by atoms with E-state index in [0.717, 1.165) is 74.4 Å². The maximum atomic E-state index is 13.4. The molecule has 4 nitrogen and oxygen atoms in total. The normalized spacial score (nSPS) is 10.9. The van der Waals surface area contributed by atoms with E-state index in [1.165, 1.54) is 0 Å². The molecule has 2 aromatic rings. The van der Waals surface area contributed by atoms with Crippen LogP contribution in [0, 0.1) is 6.92 Å². The Hall–Kier alpha value is -1.17. The van der Waals surface area contributed by atoms with Gasteiger partial charge in [0.25, 0.3) is 0 Å². The molecular formula is C29H41ClLiO4P. The Balaban J connectivity index is 0.00000648. The first-order chi connectivity index (χ1) is 17.0. The molecule has 0 amide bonds. The molecule has 0 fully saturated rings. The van der Waals surface area contributed by atoms with Crippen LogP contribution >= 0.6 is 20.2 Å². The number of halogens is 1. The van der Waals surface area contributed by atoms with Crippen LogP contribution in [0.3, 0.4) is 0 Å². The fraction of sp³-hybridized carbons (Fsp3) is 0.552. The third-order valence-electron chi connectivity index (χ3n) is 5.69. The van der Waals surface area contributed by atoms with Gasteiger partial charge in [0.2, 0.25) is 0 Å². The predicted octanol–water partition coefficient (Wildman–Crippen LogP) is 5.77. The second kappa shape index (κ2) is 19.0. The SMILES string of the molecule is CCCCCOc1cc(OCCCCC)c([P-]C(=O)c2c(C)cccc2Cl)c(OCCCCC)c1.[Li+]. The number of hydrogen-bond donors (Lipinski definition) is 0.